The molecule has 0 saturated carbocycles. The Kier molecular flexibility index (Phi) is 7.45. The van der Waals surface area contributed by atoms with Crippen molar-refractivity contribution < 1.29 is 43.1 Å². The molecule has 4 atom stereocenters. The molecule has 4 unspecified atom stereocenters. The van der Waals surface area contributed by atoms with Gasteiger partial charge in [-0.05, 0) is 37.5 Å². The van der Waals surface area contributed by atoms with Gasteiger partial charge in [-0.1, -0.05) is 19.9 Å². The number of carbonyl (C=O) groups excluding carboxylic acids is 1. The molecule has 0 aromatic heterocycles. The van der Waals surface area contributed by atoms with E-state index >= 15 is 0 Å². The van der Waals surface area contributed by atoms with Gasteiger partial charge < -0.3 is 38.3 Å². The van der Waals surface area contributed by atoms with Crippen LogP contribution >= 0.6 is 0 Å². The Balaban J connectivity index is 2.16. The Morgan fingerprint density at radius 2 is 1.59 bits per heavy atom. The van der Waals surface area contributed by atoms with E-state index in [1.807, 2.05) is 13.8 Å². The zero-order valence-electron chi connectivity index (χ0n) is 22.5. The van der Waals surface area contributed by atoms with Crippen molar-refractivity contribution >= 4 is 5.97 Å². The lowest BCUT2D eigenvalue weighted by Gasteiger charge is -2.38. The van der Waals surface area contributed by atoms with Gasteiger partial charge in [0.15, 0.2) is 23.0 Å². The Bertz CT molecular complexity index is 1230. The lowest BCUT2D eigenvalue weighted by molar-refractivity contribution is -0.149. The minimum Gasteiger partial charge on any atom is -0.504 e. The fraction of sp³-hybridized carbons (Fsp3) is 0.464. The normalized spacial score (nSPS) is 22.3. The summed E-state index contributed by atoms with van der Waals surface area (Å²) in [4.78, 5) is 13.0. The van der Waals surface area contributed by atoms with E-state index in [-0.39, 0.29) is 30.1 Å². The molecule has 0 radical (unpaired) electrons. The number of allylic oxidation sites excluding steroid dienone is 1. The summed E-state index contributed by atoms with van der Waals surface area (Å²) in [6, 6.07) is 3.59. The summed E-state index contributed by atoms with van der Waals surface area (Å²) in [6.45, 7) is 7.52. The molecule has 37 heavy (non-hydrogen) atoms. The highest BCUT2D eigenvalue weighted by Gasteiger charge is 2.43. The minimum atomic E-state index is -0.728. The fourth-order valence-corrected chi connectivity index (χ4v) is 5.15. The number of methoxy groups -OCH3 is 4. The van der Waals surface area contributed by atoms with E-state index in [0.29, 0.717) is 50.8 Å². The van der Waals surface area contributed by atoms with Gasteiger partial charge >= 0.3 is 5.97 Å². The second-order valence-electron chi connectivity index (χ2n) is 9.20. The number of fused-ring (bicyclic) bond motifs is 4. The summed E-state index contributed by atoms with van der Waals surface area (Å²) in [6.07, 6.45) is 0.480. The van der Waals surface area contributed by atoms with Crippen LogP contribution in [-0.2, 0) is 14.3 Å². The smallest absolute Gasteiger partial charge is 0.333 e. The Hall–Kier alpha value is -3.59. The molecule has 1 heterocycles. The number of hydrogen-bond acceptors (Lipinski definition) is 9. The second-order valence-corrected chi connectivity index (χ2v) is 9.20. The first kappa shape index (κ1) is 26.5. The van der Waals surface area contributed by atoms with Crippen molar-refractivity contribution in [2.45, 2.75) is 39.9 Å². The van der Waals surface area contributed by atoms with E-state index in [1.54, 1.807) is 39.2 Å². The number of hydrogen-bond donors (Lipinski definition) is 1. The second kappa shape index (κ2) is 10.4. The molecule has 0 spiro atoms. The molecule has 9 nitrogen and oxygen atoms in total. The van der Waals surface area contributed by atoms with Gasteiger partial charge in [0.1, 0.15) is 6.10 Å². The van der Waals surface area contributed by atoms with Crippen LogP contribution in [0.3, 0.4) is 0 Å². The van der Waals surface area contributed by atoms with Gasteiger partial charge in [0.25, 0.3) is 0 Å². The Labute approximate surface area is 216 Å². The molecule has 4 rings (SSSR count). The van der Waals surface area contributed by atoms with Crippen LogP contribution in [0.25, 0.3) is 11.1 Å². The average molecular weight is 515 g/mol. The molecule has 2 aliphatic rings. The van der Waals surface area contributed by atoms with Crippen LogP contribution in [0.4, 0.5) is 0 Å². The molecule has 0 saturated heterocycles. The third-order valence-electron chi connectivity index (χ3n) is 7.42. The van der Waals surface area contributed by atoms with Crippen molar-refractivity contribution in [1.29, 1.82) is 0 Å². The monoisotopic (exact) mass is 514 g/mol. The minimum absolute atomic E-state index is 0.00808. The lowest BCUT2D eigenvalue weighted by atomic mass is 9.74. The number of rotatable bonds is 6. The zero-order valence-corrected chi connectivity index (χ0v) is 22.5. The predicted octanol–water partition coefficient (Wildman–Crippen LogP) is 5.34. The molecule has 2 aromatic carbocycles. The number of esters is 1. The molecule has 0 fully saturated rings. The van der Waals surface area contributed by atoms with Crippen molar-refractivity contribution in [1.82, 2.24) is 0 Å². The molecule has 0 bridgehead atoms. The van der Waals surface area contributed by atoms with Gasteiger partial charge in [0.2, 0.25) is 18.3 Å². The van der Waals surface area contributed by atoms with Crippen molar-refractivity contribution in [3.8, 4) is 45.6 Å². The first-order chi connectivity index (χ1) is 17.7. The molecule has 2 aromatic rings. The van der Waals surface area contributed by atoms with Crippen LogP contribution < -0.4 is 23.7 Å². The summed E-state index contributed by atoms with van der Waals surface area (Å²) in [7, 11) is 6.08. The lowest BCUT2D eigenvalue weighted by Crippen LogP contribution is -2.30. The molecular formula is C28H34O9. The van der Waals surface area contributed by atoms with Crippen molar-refractivity contribution in [3.05, 3.63) is 34.9 Å². The highest BCUT2D eigenvalue weighted by atomic mass is 16.7. The molecular weight excluding hydrogens is 480 g/mol. The van der Waals surface area contributed by atoms with E-state index in [1.165, 1.54) is 21.3 Å². The first-order valence-electron chi connectivity index (χ1n) is 12.1. The topological polar surface area (TPSA) is 102 Å². The number of ether oxygens (including phenoxy) is 7. The maximum absolute atomic E-state index is 13.0. The van der Waals surface area contributed by atoms with E-state index < -0.39 is 18.2 Å². The molecule has 200 valence electrons. The number of carbonyl (C=O) groups is 1. The van der Waals surface area contributed by atoms with Gasteiger partial charge in [0, 0.05) is 35.3 Å². The highest BCUT2D eigenvalue weighted by molar-refractivity contribution is 5.90. The maximum atomic E-state index is 13.0. The Morgan fingerprint density at radius 1 is 0.946 bits per heavy atom. The van der Waals surface area contributed by atoms with E-state index in [0.717, 1.165) is 0 Å². The van der Waals surface area contributed by atoms with Crippen LogP contribution in [0.1, 0.15) is 51.0 Å². The van der Waals surface area contributed by atoms with Gasteiger partial charge in [-0.2, -0.15) is 0 Å². The molecule has 9 heteroatoms. The summed E-state index contributed by atoms with van der Waals surface area (Å²) < 4.78 is 40.6. The summed E-state index contributed by atoms with van der Waals surface area (Å²) in [5.74, 6) is 0.732. The molecule has 0 amide bonds. The third kappa shape index (κ3) is 4.21. The fourth-order valence-electron chi connectivity index (χ4n) is 5.15. The first-order valence-corrected chi connectivity index (χ1v) is 12.1. The van der Waals surface area contributed by atoms with Crippen molar-refractivity contribution in [2.75, 3.05) is 35.2 Å². The van der Waals surface area contributed by atoms with Crippen LogP contribution in [0.15, 0.2) is 23.8 Å². The highest BCUT2D eigenvalue weighted by Crippen LogP contribution is 2.60. The molecule has 1 N–H and O–H groups in total. The van der Waals surface area contributed by atoms with E-state index in [9.17, 15) is 9.90 Å². The summed E-state index contributed by atoms with van der Waals surface area (Å²) in [5.41, 5.74) is 2.67. The number of phenols is 1. The maximum Gasteiger partial charge on any atom is 0.333 e. The van der Waals surface area contributed by atoms with Crippen LogP contribution in [-0.4, -0.2) is 46.3 Å². The van der Waals surface area contributed by atoms with Crippen molar-refractivity contribution in [2.24, 2.45) is 11.8 Å². The SMILES string of the molecule is C/C=C(\C)C(=O)OC1c2cc3c(c(OC)c2-c2c(cc(OC)c(OC)c2O)C(OC)C(C)C1C)OCO3. The summed E-state index contributed by atoms with van der Waals surface area (Å²) in [5, 5.41) is 11.6. The van der Waals surface area contributed by atoms with Gasteiger partial charge in [0.05, 0.1) is 27.4 Å². The molecule has 1 aliphatic carbocycles. The summed E-state index contributed by atoms with van der Waals surface area (Å²) >= 11 is 0. The quantitative estimate of drug-likeness (QED) is 0.404. The van der Waals surface area contributed by atoms with Gasteiger partial charge in [-0.25, -0.2) is 4.79 Å². The zero-order chi connectivity index (χ0) is 27.0. The number of phenolic OH excluding ortho intramolecular Hbond substituents is 1. The van der Waals surface area contributed by atoms with Gasteiger partial charge in [-0.3, -0.25) is 0 Å². The van der Waals surface area contributed by atoms with Crippen LogP contribution in [0.5, 0.6) is 34.5 Å². The predicted molar refractivity (Wildman–Crippen MR) is 136 cm³/mol. The van der Waals surface area contributed by atoms with E-state index in [4.69, 9.17) is 33.2 Å². The standard InChI is InChI=1S/C28H34O9/c1-9-13(2)28(30)37-24-15(4)14(3)23(32-6)16-10-18(31-5)25(33-7)22(29)20(16)21-17(24)11-19-26(27(21)34-8)36-12-35-19/h9-11,14-15,23-24,29H,12H2,1-8H3/b13-9+. The van der Waals surface area contributed by atoms with Crippen LogP contribution in [0, 0.1) is 11.8 Å². The van der Waals surface area contributed by atoms with Crippen LogP contribution in [0.2, 0.25) is 0 Å². The number of benzene rings is 2. The number of aromatic hydroxyl groups is 1. The van der Waals surface area contributed by atoms with Gasteiger partial charge in [-0.15, -0.1) is 0 Å². The Morgan fingerprint density at radius 3 is 2.19 bits per heavy atom. The third-order valence-corrected chi connectivity index (χ3v) is 7.42. The largest absolute Gasteiger partial charge is 0.504 e. The average Bonchev–Trinajstić information content (AvgIpc) is 3.37. The van der Waals surface area contributed by atoms with E-state index in [2.05, 4.69) is 0 Å². The molecule has 1 aliphatic heterocycles. The van der Waals surface area contributed by atoms with Crippen molar-refractivity contribution in [3.63, 3.8) is 0 Å².